The van der Waals surface area contributed by atoms with Crippen molar-refractivity contribution in [2.45, 2.75) is 58.5 Å². The first kappa shape index (κ1) is 24.9. The summed E-state index contributed by atoms with van der Waals surface area (Å²) in [5.74, 6) is -0.948. The number of hydrogen-bond acceptors (Lipinski definition) is 4. The number of benzene rings is 1. The number of anilines is 1. The lowest BCUT2D eigenvalue weighted by Gasteiger charge is -2.16. The van der Waals surface area contributed by atoms with Crippen molar-refractivity contribution in [3.63, 3.8) is 0 Å². The predicted molar refractivity (Wildman–Crippen MR) is 127 cm³/mol. The molecule has 2 rings (SSSR count). The van der Waals surface area contributed by atoms with Crippen LogP contribution in [0.1, 0.15) is 51.5 Å². The lowest BCUT2D eigenvalue weighted by molar-refractivity contribution is -0.149. The zero-order valence-corrected chi connectivity index (χ0v) is 19.5. The van der Waals surface area contributed by atoms with E-state index in [2.05, 4.69) is 12.2 Å². The maximum absolute atomic E-state index is 12.4. The first-order valence-electron chi connectivity index (χ1n) is 11.0. The molecule has 0 saturated carbocycles. The Hall–Kier alpha value is -2.38. The number of carbonyl (C=O) groups is 2. The van der Waals surface area contributed by atoms with Crippen molar-refractivity contribution in [1.29, 1.82) is 0 Å². The third kappa shape index (κ3) is 7.99. The van der Waals surface area contributed by atoms with Crippen LogP contribution in [-0.2, 0) is 16.0 Å². The van der Waals surface area contributed by atoms with Gasteiger partial charge in [-0.2, -0.15) is 0 Å². The Kier molecular flexibility index (Phi) is 10.5. The van der Waals surface area contributed by atoms with Crippen molar-refractivity contribution in [1.82, 2.24) is 5.32 Å². The second kappa shape index (κ2) is 13.1. The van der Waals surface area contributed by atoms with Gasteiger partial charge in [0, 0.05) is 31.5 Å². The van der Waals surface area contributed by atoms with E-state index in [9.17, 15) is 14.7 Å². The number of nitrogens with one attached hydrogen (secondary N) is 1. The van der Waals surface area contributed by atoms with E-state index >= 15 is 0 Å². The van der Waals surface area contributed by atoms with Crippen LogP contribution in [0.25, 0.3) is 10.4 Å². The number of unbranched alkanes of at least 4 members (excludes halogenated alkanes) is 4. The van der Waals surface area contributed by atoms with Crippen molar-refractivity contribution >= 4 is 28.3 Å². The molecule has 1 atom stereocenters. The first-order valence-corrected chi connectivity index (χ1v) is 11.8. The van der Waals surface area contributed by atoms with E-state index < -0.39 is 12.1 Å². The number of ether oxygens (including phenoxy) is 1. The highest BCUT2D eigenvalue weighted by Crippen LogP contribution is 2.33. The molecule has 0 aliphatic rings. The molecule has 0 aliphatic carbocycles. The van der Waals surface area contributed by atoms with E-state index in [0.29, 0.717) is 19.6 Å². The molecule has 6 nitrogen and oxygen atoms in total. The number of hydrogen-bond donors (Lipinski definition) is 2. The summed E-state index contributed by atoms with van der Waals surface area (Å²) in [5, 5.41) is 13.1. The van der Waals surface area contributed by atoms with Crippen LogP contribution in [0, 0.1) is 0 Å². The maximum atomic E-state index is 12.4. The van der Waals surface area contributed by atoms with Gasteiger partial charge in [-0.05, 0) is 36.6 Å². The van der Waals surface area contributed by atoms with Crippen LogP contribution in [0.3, 0.4) is 0 Å². The van der Waals surface area contributed by atoms with Gasteiger partial charge in [-0.1, -0.05) is 56.9 Å². The number of nitrogens with zero attached hydrogens (tertiary/aromatic N) is 1. The van der Waals surface area contributed by atoms with Crippen LogP contribution in [0.15, 0.2) is 36.4 Å². The van der Waals surface area contributed by atoms with E-state index in [4.69, 9.17) is 4.74 Å². The largest absolute Gasteiger partial charge is 0.479 e. The highest BCUT2D eigenvalue weighted by atomic mass is 32.1. The molecular weight excluding hydrogens is 412 g/mol. The minimum absolute atomic E-state index is 0.0881. The zero-order valence-electron chi connectivity index (χ0n) is 18.7. The number of carboxylic acid groups (broad SMARTS) is 1. The fraction of sp³-hybridized carbons (Fsp3) is 0.500. The van der Waals surface area contributed by atoms with Gasteiger partial charge in [-0.3, -0.25) is 4.90 Å². The molecule has 31 heavy (non-hydrogen) atoms. The van der Waals surface area contributed by atoms with Crippen molar-refractivity contribution in [3.05, 3.63) is 42.0 Å². The molecule has 170 valence electrons. The molecule has 2 aromatic rings. The first-order chi connectivity index (χ1) is 15.0. The smallest absolute Gasteiger partial charge is 0.333 e. The summed E-state index contributed by atoms with van der Waals surface area (Å²) in [7, 11) is 1.78. The second-order valence-corrected chi connectivity index (χ2v) is 8.59. The highest BCUT2D eigenvalue weighted by molar-refractivity contribution is 7.19. The number of urea groups is 1. The molecule has 0 fully saturated rings. The number of carboxylic acids is 1. The average Bonchev–Trinajstić information content (AvgIpc) is 3.25. The fourth-order valence-corrected chi connectivity index (χ4v) is 4.21. The number of rotatable bonds is 13. The average molecular weight is 447 g/mol. The summed E-state index contributed by atoms with van der Waals surface area (Å²) >= 11 is 1.55. The van der Waals surface area contributed by atoms with Crippen LogP contribution in [0.2, 0.25) is 0 Å². The number of carbonyl (C=O) groups excluding carboxylic acids is 1. The Morgan fingerprint density at radius 3 is 2.42 bits per heavy atom. The third-order valence-corrected chi connectivity index (χ3v) is 6.30. The van der Waals surface area contributed by atoms with Crippen molar-refractivity contribution in [2.24, 2.45) is 0 Å². The summed E-state index contributed by atoms with van der Waals surface area (Å²) < 4.78 is 5.29. The van der Waals surface area contributed by atoms with Crippen LogP contribution in [0.4, 0.5) is 9.80 Å². The van der Waals surface area contributed by atoms with E-state index in [1.165, 1.54) is 19.3 Å². The molecular formula is C24H34N2O4S. The van der Waals surface area contributed by atoms with Crippen LogP contribution in [-0.4, -0.2) is 43.4 Å². The van der Waals surface area contributed by atoms with Crippen LogP contribution >= 0.6 is 11.3 Å². The summed E-state index contributed by atoms with van der Waals surface area (Å²) in [6, 6.07) is 11.7. The molecule has 1 aromatic heterocycles. The Bertz CT molecular complexity index is 819. The number of amides is 2. The molecule has 0 saturated heterocycles. The SMILES string of the molecule is CCCCCCCNC(=O)N(C)c1ccc(-c2ccc(CC(OCC)C(=O)O)cc2)s1. The molecule has 0 spiro atoms. The van der Waals surface area contributed by atoms with Gasteiger partial charge in [-0.15, -0.1) is 11.3 Å². The minimum atomic E-state index is -0.948. The standard InChI is InChI=1S/C24H34N2O4S/c1-4-6-7-8-9-16-25-24(29)26(3)22-15-14-21(31-22)19-12-10-18(11-13-19)17-20(23(27)28)30-5-2/h10-15,20H,4-9,16-17H2,1-3H3,(H,25,29)(H,27,28). The Balaban J connectivity index is 1.91. The molecule has 1 unspecified atom stereocenters. The van der Waals surface area contributed by atoms with Crippen molar-refractivity contribution in [2.75, 3.05) is 25.1 Å². The molecule has 0 aliphatic heterocycles. The van der Waals surface area contributed by atoms with E-state index in [1.807, 2.05) is 36.4 Å². The summed E-state index contributed by atoms with van der Waals surface area (Å²) in [6.45, 7) is 5.05. The number of aliphatic carboxylic acids is 1. The topological polar surface area (TPSA) is 78.9 Å². The normalized spacial score (nSPS) is 11.8. The van der Waals surface area contributed by atoms with Crippen molar-refractivity contribution < 1.29 is 19.4 Å². The highest BCUT2D eigenvalue weighted by Gasteiger charge is 2.18. The Morgan fingerprint density at radius 2 is 1.77 bits per heavy atom. The lowest BCUT2D eigenvalue weighted by atomic mass is 10.1. The predicted octanol–water partition coefficient (Wildman–Crippen LogP) is 5.56. The third-order valence-electron chi connectivity index (χ3n) is 5.09. The van der Waals surface area contributed by atoms with Gasteiger partial charge in [0.2, 0.25) is 0 Å². The maximum Gasteiger partial charge on any atom is 0.333 e. The molecule has 1 aromatic carbocycles. The van der Waals surface area contributed by atoms with Crippen LogP contribution < -0.4 is 10.2 Å². The Morgan fingerprint density at radius 1 is 1.06 bits per heavy atom. The second-order valence-electron chi connectivity index (χ2n) is 7.53. The van der Waals surface area contributed by atoms with Gasteiger partial charge < -0.3 is 15.2 Å². The molecule has 2 amide bonds. The zero-order chi connectivity index (χ0) is 22.6. The van der Waals surface area contributed by atoms with Crippen molar-refractivity contribution in [3.8, 4) is 10.4 Å². The number of thiophene rings is 1. The minimum Gasteiger partial charge on any atom is -0.479 e. The molecule has 0 bridgehead atoms. The van der Waals surface area contributed by atoms with Crippen LogP contribution in [0.5, 0.6) is 0 Å². The molecule has 7 heteroatoms. The summed E-state index contributed by atoms with van der Waals surface area (Å²) in [6.07, 6.45) is 5.34. The lowest BCUT2D eigenvalue weighted by Crippen LogP contribution is -2.37. The monoisotopic (exact) mass is 446 g/mol. The summed E-state index contributed by atoms with van der Waals surface area (Å²) in [4.78, 5) is 26.4. The van der Waals surface area contributed by atoms with Gasteiger partial charge in [0.1, 0.15) is 0 Å². The van der Waals surface area contributed by atoms with E-state index in [-0.39, 0.29) is 6.03 Å². The van der Waals surface area contributed by atoms with Gasteiger partial charge in [0.25, 0.3) is 0 Å². The molecule has 2 N–H and O–H groups in total. The Labute approximate surface area is 189 Å². The quantitative estimate of drug-likeness (QED) is 0.395. The van der Waals surface area contributed by atoms with E-state index in [1.54, 1.807) is 30.2 Å². The summed E-state index contributed by atoms with van der Waals surface area (Å²) in [5.41, 5.74) is 1.95. The van der Waals surface area contributed by atoms with Gasteiger partial charge >= 0.3 is 12.0 Å². The van der Waals surface area contributed by atoms with E-state index in [0.717, 1.165) is 33.8 Å². The van der Waals surface area contributed by atoms with Gasteiger partial charge in [0.05, 0.1) is 5.00 Å². The molecule has 0 radical (unpaired) electrons. The molecule has 1 heterocycles. The van der Waals surface area contributed by atoms with Gasteiger partial charge in [-0.25, -0.2) is 9.59 Å². The fourth-order valence-electron chi connectivity index (χ4n) is 3.24. The van der Waals surface area contributed by atoms with Gasteiger partial charge in [0.15, 0.2) is 6.10 Å².